The summed E-state index contributed by atoms with van der Waals surface area (Å²) in [5.74, 6) is 0. The third-order valence-electron chi connectivity index (χ3n) is 5.78. The molecule has 3 rings (SSSR count). The van der Waals surface area contributed by atoms with Gasteiger partial charge in [-0.25, -0.2) is 8.42 Å². The normalized spacial score (nSPS) is 21.9. The molecular weight excluding hydrogens is 320 g/mol. The van der Waals surface area contributed by atoms with E-state index < -0.39 is 9.84 Å². The van der Waals surface area contributed by atoms with E-state index in [1.165, 1.54) is 49.5 Å². The Bertz CT molecular complexity index is 679. The maximum absolute atomic E-state index is 11.8. The van der Waals surface area contributed by atoms with Crippen LogP contribution >= 0.6 is 0 Å². The number of fused-ring (bicyclic) bond motifs is 1. The lowest BCUT2D eigenvalue weighted by Crippen LogP contribution is -2.45. The summed E-state index contributed by atoms with van der Waals surface area (Å²) in [7, 11) is -3.12. The van der Waals surface area contributed by atoms with Gasteiger partial charge in [-0.2, -0.15) is 0 Å². The molecule has 24 heavy (non-hydrogen) atoms. The van der Waals surface area contributed by atoms with E-state index in [2.05, 4.69) is 4.90 Å². The average Bonchev–Trinajstić information content (AvgIpc) is 2.75. The van der Waals surface area contributed by atoms with E-state index >= 15 is 0 Å². The molecule has 1 aliphatic carbocycles. The van der Waals surface area contributed by atoms with Gasteiger partial charge >= 0.3 is 0 Å². The van der Waals surface area contributed by atoms with Crippen LogP contribution in [0.2, 0.25) is 0 Å². The Morgan fingerprint density at radius 3 is 2.42 bits per heavy atom. The standard InChI is InChI=1S/C19H30N2O2S/c1-24(22,23)18-6-5-16-7-12-21(13-8-17(16)15-18)14-11-19(20)9-3-2-4-10-19/h5-6,15H,2-4,7-14,20H2,1H3. The fraction of sp³-hybridized carbons (Fsp3) is 0.684. The van der Waals surface area contributed by atoms with Crippen molar-refractivity contribution in [1.82, 2.24) is 4.90 Å². The Kier molecular flexibility index (Phi) is 5.33. The number of benzene rings is 1. The smallest absolute Gasteiger partial charge is 0.175 e. The summed E-state index contributed by atoms with van der Waals surface area (Å²) < 4.78 is 23.5. The molecule has 0 aromatic heterocycles. The monoisotopic (exact) mass is 350 g/mol. The van der Waals surface area contributed by atoms with E-state index in [1.807, 2.05) is 12.1 Å². The van der Waals surface area contributed by atoms with Crippen LogP contribution in [0.4, 0.5) is 0 Å². The highest BCUT2D eigenvalue weighted by Crippen LogP contribution is 2.29. The first-order chi connectivity index (χ1) is 11.4. The van der Waals surface area contributed by atoms with Crippen molar-refractivity contribution in [2.45, 2.75) is 61.8 Å². The van der Waals surface area contributed by atoms with Gasteiger partial charge in [0.2, 0.25) is 0 Å². The van der Waals surface area contributed by atoms with E-state index in [4.69, 9.17) is 5.73 Å². The van der Waals surface area contributed by atoms with Gasteiger partial charge in [-0.05, 0) is 61.9 Å². The molecule has 0 spiro atoms. The molecule has 0 unspecified atom stereocenters. The minimum Gasteiger partial charge on any atom is -0.325 e. The fourth-order valence-electron chi connectivity index (χ4n) is 4.09. The molecule has 0 amide bonds. The zero-order valence-electron chi connectivity index (χ0n) is 14.8. The number of hydrogen-bond donors (Lipinski definition) is 1. The summed E-state index contributed by atoms with van der Waals surface area (Å²) in [6.07, 6.45) is 10.5. The molecule has 0 radical (unpaired) electrons. The van der Waals surface area contributed by atoms with Crippen LogP contribution in [0.5, 0.6) is 0 Å². The molecule has 1 aromatic carbocycles. The van der Waals surface area contributed by atoms with Crippen LogP contribution in [-0.2, 0) is 22.7 Å². The molecule has 134 valence electrons. The third-order valence-corrected chi connectivity index (χ3v) is 6.89. The Hall–Kier alpha value is -0.910. The minimum absolute atomic E-state index is 0.0425. The molecular formula is C19H30N2O2S. The fourth-order valence-corrected chi connectivity index (χ4v) is 4.76. The number of sulfone groups is 1. The number of hydrogen-bond acceptors (Lipinski definition) is 4. The Morgan fingerprint density at radius 2 is 1.75 bits per heavy atom. The minimum atomic E-state index is -3.12. The molecule has 5 heteroatoms. The third kappa shape index (κ3) is 4.38. The van der Waals surface area contributed by atoms with E-state index in [-0.39, 0.29) is 5.54 Å². The first-order valence-corrected chi connectivity index (χ1v) is 11.1. The van der Waals surface area contributed by atoms with Gasteiger partial charge in [-0.1, -0.05) is 25.3 Å². The highest BCUT2D eigenvalue weighted by Gasteiger charge is 2.28. The maximum atomic E-state index is 11.8. The van der Waals surface area contributed by atoms with Gasteiger partial charge < -0.3 is 10.6 Å². The van der Waals surface area contributed by atoms with Crippen molar-refractivity contribution in [1.29, 1.82) is 0 Å². The van der Waals surface area contributed by atoms with Crippen molar-refractivity contribution in [2.24, 2.45) is 5.73 Å². The average molecular weight is 351 g/mol. The zero-order valence-corrected chi connectivity index (χ0v) is 15.6. The summed E-state index contributed by atoms with van der Waals surface area (Å²) in [6.45, 7) is 3.10. The largest absolute Gasteiger partial charge is 0.325 e. The lowest BCUT2D eigenvalue weighted by molar-refractivity contribution is 0.213. The summed E-state index contributed by atoms with van der Waals surface area (Å²) in [5.41, 5.74) is 9.11. The molecule has 2 N–H and O–H groups in total. The molecule has 1 heterocycles. The van der Waals surface area contributed by atoms with Crippen molar-refractivity contribution in [2.75, 3.05) is 25.9 Å². The van der Waals surface area contributed by atoms with Crippen LogP contribution in [0.3, 0.4) is 0 Å². The van der Waals surface area contributed by atoms with E-state index in [1.54, 1.807) is 6.07 Å². The highest BCUT2D eigenvalue weighted by molar-refractivity contribution is 7.90. The second kappa shape index (κ2) is 7.14. The lowest BCUT2D eigenvalue weighted by atomic mass is 9.80. The van der Waals surface area contributed by atoms with Crippen LogP contribution < -0.4 is 5.73 Å². The lowest BCUT2D eigenvalue weighted by Gasteiger charge is -2.35. The van der Waals surface area contributed by atoms with Gasteiger partial charge in [0.15, 0.2) is 9.84 Å². The summed E-state index contributed by atoms with van der Waals surface area (Å²) >= 11 is 0. The first kappa shape index (κ1) is 17.9. The molecule has 1 fully saturated rings. The Morgan fingerprint density at radius 1 is 1.08 bits per heavy atom. The first-order valence-electron chi connectivity index (χ1n) is 9.19. The predicted molar refractivity (Wildman–Crippen MR) is 98.0 cm³/mol. The molecule has 2 aliphatic rings. The van der Waals surface area contributed by atoms with Crippen molar-refractivity contribution in [3.8, 4) is 0 Å². The Labute approximate surface area is 146 Å². The van der Waals surface area contributed by atoms with Gasteiger partial charge in [0.25, 0.3) is 0 Å². The second-order valence-electron chi connectivity index (χ2n) is 7.72. The number of nitrogens with zero attached hydrogens (tertiary/aromatic N) is 1. The zero-order chi connectivity index (χ0) is 17.2. The van der Waals surface area contributed by atoms with Gasteiger partial charge in [-0.3, -0.25) is 0 Å². The van der Waals surface area contributed by atoms with Gasteiger partial charge in [-0.15, -0.1) is 0 Å². The van der Waals surface area contributed by atoms with Crippen LogP contribution in [0.25, 0.3) is 0 Å². The van der Waals surface area contributed by atoms with Crippen molar-refractivity contribution < 1.29 is 8.42 Å². The van der Waals surface area contributed by atoms with Crippen LogP contribution in [0, 0.1) is 0 Å². The number of rotatable bonds is 4. The quantitative estimate of drug-likeness (QED) is 0.906. The van der Waals surface area contributed by atoms with Crippen molar-refractivity contribution in [3.05, 3.63) is 29.3 Å². The number of nitrogens with two attached hydrogens (primary N) is 1. The molecule has 4 nitrogen and oxygen atoms in total. The molecule has 0 saturated heterocycles. The molecule has 1 aliphatic heterocycles. The van der Waals surface area contributed by atoms with Gasteiger partial charge in [0, 0.05) is 24.9 Å². The van der Waals surface area contributed by atoms with Gasteiger partial charge in [0.05, 0.1) is 4.90 Å². The van der Waals surface area contributed by atoms with E-state index in [0.717, 1.165) is 38.9 Å². The van der Waals surface area contributed by atoms with Crippen molar-refractivity contribution in [3.63, 3.8) is 0 Å². The topological polar surface area (TPSA) is 63.4 Å². The van der Waals surface area contributed by atoms with E-state index in [9.17, 15) is 8.42 Å². The SMILES string of the molecule is CS(=O)(=O)c1ccc2c(c1)CCN(CCC1(N)CCCCC1)CC2. The summed E-state index contributed by atoms with van der Waals surface area (Å²) in [5, 5.41) is 0. The van der Waals surface area contributed by atoms with Gasteiger partial charge in [0.1, 0.15) is 0 Å². The van der Waals surface area contributed by atoms with E-state index in [0.29, 0.717) is 4.90 Å². The molecule has 1 aromatic rings. The molecule has 0 bridgehead atoms. The van der Waals surface area contributed by atoms with Crippen LogP contribution in [0.15, 0.2) is 23.1 Å². The summed E-state index contributed by atoms with van der Waals surface area (Å²) in [4.78, 5) is 2.95. The highest BCUT2D eigenvalue weighted by atomic mass is 32.2. The maximum Gasteiger partial charge on any atom is 0.175 e. The summed E-state index contributed by atoms with van der Waals surface area (Å²) in [6, 6.07) is 5.63. The molecule has 0 atom stereocenters. The molecule has 1 saturated carbocycles. The Balaban J connectivity index is 1.61. The van der Waals surface area contributed by atoms with Crippen LogP contribution in [-0.4, -0.2) is 44.7 Å². The van der Waals surface area contributed by atoms with Crippen molar-refractivity contribution >= 4 is 9.84 Å². The second-order valence-corrected chi connectivity index (χ2v) is 9.73. The van der Waals surface area contributed by atoms with Crippen LogP contribution in [0.1, 0.15) is 49.7 Å². The predicted octanol–water partition coefficient (Wildman–Crippen LogP) is 2.54.